The second kappa shape index (κ2) is 5.27. The molecule has 0 spiro atoms. The van der Waals surface area contributed by atoms with E-state index in [1.54, 1.807) is 12.1 Å². The summed E-state index contributed by atoms with van der Waals surface area (Å²) in [4.78, 5) is 18.2. The molecule has 1 aromatic heterocycles. The Morgan fingerprint density at radius 2 is 2.10 bits per heavy atom. The van der Waals surface area contributed by atoms with Crippen molar-refractivity contribution >= 4 is 51.2 Å². The van der Waals surface area contributed by atoms with Gasteiger partial charge in [-0.1, -0.05) is 11.6 Å². The summed E-state index contributed by atoms with van der Waals surface area (Å²) < 4.78 is 14.6. The lowest BCUT2D eigenvalue weighted by molar-refractivity contribution is 0.0692. The molecular formula is C14H7ClFIN2O2. The SMILES string of the molecule is O=C(O)c1cc2nc(-c3cc(Cl)ccc3I)[nH]c2cc1F. The number of carboxylic acids is 1. The molecule has 0 unspecified atom stereocenters. The number of carboxylic acid groups (broad SMARTS) is 1. The van der Waals surface area contributed by atoms with E-state index in [-0.39, 0.29) is 0 Å². The van der Waals surface area contributed by atoms with Crippen molar-refractivity contribution in [3.8, 4) is 11.4 Å². The molecular weight excluding hydrogens is 410 g/mol. The van der Waals surface area contributed by atoms with Crippen LogP contribution >= 0.6 is 34.2 Å². The van der Waals surface area contributed by atoms with Crippen LogP contribution in [0.4, 0.5) is 4.39 Å². The number of hydrogen-bond acceptors (Lipinski definition) is 2. The Bertz CT molecular complexity index is 879. The average molecular weight is 417 g/mol. The van der Waals surface area contributed by atoms with Gasteiger partial charge in [0.1, 0.15) is 11.6 Å². The molecule has 1 heterocycles. The van der Waals surface area contributed by atoms with Crippen LogP contribution in [0.1, 0.15) is 10.4 Å². The van der Waals surface area contributed by atoms with Crippen LogP contribution in [0.2, 0.25) is 5.02 Å². The molecule has 7 heteroatoms. The van der Waals surface area contributed by atoms with E-state index >= 15 is 0 Å². The summed E-state index contributed by atoms with van der Waals surface area (Å²) >= 11 is 8.12. The number of fused-ring (bicyclic) bond motifs is 1. The summed E-state index contributed by atoms with van der Waals surface area (Å²) in [5, 5.41) is 9.49. The largest absolute Gasteiger partial charge is 0.478 e. The van der Waals surface area contributed by atoms with Crippen LogP contribution in [0.3, 0.4) is 0 Å². The Hall–Kier alpha value is -1.67. The molecule has 0 saturated heterocycles. The molecule has 0 aliphatic heterocycles. The fourth-order valence-electron chi connectivity index (χ4n) is 2.00. The van der Waals surface area contributed by atoms with Gasteiger partial charge >= 0.3 is 5.97 Å². The summed E-state index contributed by atoms with van der Waals surface area (Å²) in [6.45, 7) is 0. The van der Waals surface area contributed by atoms with Crippen LogP contribution < -0.4 is 0 Å². The van der Waals surface area contributed by atoms with Gasteiger partial charge < -0.3 is 10.1 Å². The first-order chi connectivity index (χ1) is 9.95. The molecule has 3 aromatic rings. The number of halogens is 3. The average Bonchev–Trinajstić information content (AvgIpc) is 2.82. The predicted octanol–water partition coefficient (Wildman–Crippen LogP) is 4.33. The van der Waals surface area contributed by atoms with Crippen molar-refractivity contribution in [2.45, 2.75) is 0 Å². The minimum Gasteiger partial charge on any atom is -0.478 e. The molecule has 0 bridgehead atoms. The van der Waals surface area contributed by atoms with Crippen molar-refractivity contribution in [2.24, 2.45) is 0 Å². The van der Waals surface area contributed by atoms with Crippen LogP contribution in [-0.2, 0) is 0 Å². The Labute approximate surface area is 137 Å². The zero-order chi connectivity index (χ0) is 15.1. The number of carbonyl (C=O) groups is 1. The maximum Gasteiger partial charge on any atom is 0.338 e. The van der Waals surface area contributed by atoms with Gasteiger partial charge in [0.25, 0.3) is 0 Å². The molecule has 2 aromatic carbocycles. The quantitative estimate of drug-likeness (QED) is 0.611. The first-order valence-electron chi connectivity index (χ1n) is 5.83. The minimum absolute atomic E-state index is 0.388. The number of H-pyrrole nitrogens is 1. The fraction of sp³-hybridized carbons (Fsp3) is 0. The van der Waals surface area contributed by atoms with Crippen molar-refractivity contribution in [3.63, 3.8) is 0 Å². The summed E-state index contributed by atoms with van der Waals surface area (Å²) in [5.74, 6) is -1.61. The van der Waals surface area contributed by atoms with Gasteiger partial charge in [-0.25, -0.2) is 14.2 Å². The molecule has 3 rings (SSSR count). The molecule has 4 nitrogen and oxygen atoms in total. The standard InChI is InChI=1S/C14H7ClFIN2O2/c15-6-1-2-10(17)8(3-6)13-18-11-4-7(14(20)21)9(16)5-12(11)19-13/h1-5H,(H,18,19)(H,20,21). The minimum atomic E-state index is -1.32. The highest BCUT2D eigenvalue weighted by molar-refractivity contribution is 14.1. The molecule has 0 aliphatic carbocycles. The zero-order valence-electron chi connectivity index (χ0n) is 10.3. The fourth-order valence-corrected chi connectivity index (χ4v) is 2.76. The molecule has 0 fully saturated rings. The van der Waals surface area contributed by atoms with E-state index < -0.39 is 17.3 Å². The molecule has 0 atom stereocenters. The van der Waals surface area contributed by atoms with Gasteiger partial charge in [0.2, 0.25) is 0 Å². The number of aromatic amines is 1. The number of rotatable bonds is 2. The molecule has 0 saturated carbocycles. The second-order valence-electron chi connectivity index (χ2n) is 4.36. The monoisotopic (exact) mass is 416 g/mol. The highest BCUT2D eigenvalue weighted by Gasteiger charge is 2.15. The third-order valence-corrected chi connectivity index (χ3v) is 4.16. The number of hydrogen-bond donors (Lipinski definition) is 2. The lowest BCUT2D eigenvalue weighted by Gasteiger charge is -2.00. The van der Waals surface area contributed by atoms with E-state index in [2.05, 4.69) is 32.6 Å². The summed E-state index contributed by atoms with van der Waals surface area (Å²) in [5.41, 5.74) is 1.20. The Morgan fingerprint density at radius 3 is 2.81 bits per heavy atom. The smallest absolute Gasteiger partial charge is 0.338 e. The van der Waals surface area contributed by atoms with Crippen molar-refractivity contribution < 1.29 is 14.3 Å². The molecule has 106 valence electrons. The van der Waals surface area contributed by atoms with E-state index in [1.165, 1.54) is 6.07 Å². The number of nitrogens with zero attached hydrogens (tertiary/aromatic N) is 1. The number of aromatic nitrogens is 2. The first kappa shape index (κ1) is 14.3. The maximum absolute atomic E-state index is 13.7. The van der Waals surface area contributed by atoms with Gasteiger partial charge in [-0.05, 0) is 46.9 Å². The normalized spacial score (nSPS) is 11.0. The van der Waals surface area contributed by atoms with E-state index in [1.807, 2.05) is 6.07 Å². The number of benzene rings is 2. The van der Waals surface area contributed by atoms with Gasteiger partial charge in [0.05, 0.1) is 16.6 Å². The topological polar surface area (TPSA) is 66.0 Å². The van der Waals surface area contributed by atoms with E-state index in [0.29, 0.717) is 21.9 Å². The van der Waals surface area contributed by atoms with Gasteiger partial charge in [-0.15, -0.1) is 0 Å². The second-order valence-corrected chi connectivity index (χ2v) is 5.96. The highest BCUT2D eigenvalue weighted by Crippen LogP contribution is 2.28. The summed E-state index contributed by atoms with van der Waals surface area (Å²) in [6, 6.07) is 7.69. The molecule has 0 radical (unpaired) electrons. The number of aromatic carboxylic acids is 1. The Morgan fingerprint density at radius 1 is 1.33 bits per heavy atom. The van der Waals surface area contributed by atoms with Crippen molar-refractivity contribution in [1.82, 2.24) is 9.97 Å². The molecule has 0 amide bonds. The van der Waals surface area contributed by atoms with E-state index in [4.69, 9.17) is 16.7 Å². The third kappa shape index (κ3) is 2.60. The summed E-state index contributed by atoms with van der Waals surface area (Å²) in [6.07, 6.45) is 0. The Kier molecular flexibility index (Phi) is 3.58. The van der Waals surface area contributed by atoms with E-state index in [0.717, 1.165) is 15.2 Å². The maximum atomic E-state index is 13.7. The van der Waals surface area contributed by atoms with Gasteiger partial charge in [0, 0.05) is 20.2 Å². The zero-order valence-corrected chi connectivity index (χ0v) is 13.2. The van der Waals surface area contributed by atoms with Crippen molar-refractivity contribution in [2.75, 3.05) is 0 Å². The van der Waals surface area contributed by atoms with Crippen LogP contribution in [-0.4, -0.2) is 21.0 Å². The van der Waals surface area contributed by atoms with Crippen LogP contribution in [0.25, 0.3) is 22.4 Å². The van der Waals surface area contributed by atoms with E-state index in [9.17, 15) is 9.18 Å². The highest BCUT2D eigenvalue weighted by atomic mass is 127. The van der Waals surface area contributed by atoms with Crippen LogP contribution in [0.15, 0.2) is 30.3 Å². The Balaban J connectivity index is 2.21. The van der Waals surface area contributed by atoms with Crippen molar-refractivity contribution in [3.05, 3.63) is 50.3 Å². The van der Waals surface area contributed by atoms with Gasteiger partial charge in [-0.3, -0.25) is 0 Å². The van der Waals surface area contributed by atoms with Gasteiger partial charge in [0.15, 0.2) is 0 Å². The summed E-state index contributed by atoms with van der Waals surface area (Å²) in [7, 11) is 0. The molecule has 2 N–H and O–H groups in total. The number of nitrogens with one attached hydrogen (secondary N) is 1. The van der Waals surface area contributed by atoms with Crippen LogP contribution in [0, 0.1) is 9.39 Å². The lowest BCUT2D eigenvalue weighted by atomic mass is 10.2. The van der Waals surface area contributed by atoms with Gasteiger partial charge in [-0.2, -0.15) is 0 Å². The van der Waals surface area contributed by atoms with Crippen LogP contribution in [0.5, 0.6) is 0 Å². The number of imidazole rings is 1. The predicted molar refractivity (Wildman–Crippen MR) is 86.2 cm³/mol. The molecule has 0 aliphatic rings. The lowest BCUT2D eigenvalue weighted by Crippen LogP contribution is -1.99. The third-order valence-electron chi connectivity index (χ3n) is 2.98. The first-order valence-corrected chi connectivity index (χ1v) is 7.29. The van der Waals surface area contributed by atoms with Crippen molar-refractivity contribution in [1.29, 1.82) is 0 Å². The molecule has 21 heavy (non-hydrogen) atoms.